The molecule has 0 saturated carbocycles. The monoisotopic (exact) mass is 254 g/mol. The Hall–Kier alpha value is -2.18. The second-order valence-electron chi connectivity index (χ2n) is 4.11. The van der Waals surface area contributed by atoms with E-state index < -0.39 is 22.8 Å². The molecule has 7 heteroatoms. The first-order valence-electron chi connectivity index (χ1n) is 5.43. The number of carbonyl (C=O) groups is 1. The van der Waals surface area contributed by atoms with Gasteiger partial charge in [0.25, 0.3) is 5.69 Å². The summed E-state index contributed by atoms with van der Waals surface area (Å²) in [6, 6.07) is 2.39. The number of aliphatic carboxylic acids is 1. The molecular formula is C11H11FN2O4. The van der Waals surface area contributed by atoms with Crippen molar-refractivity contribution >= 4 is 17.3 Å². The van der Waals surface area contributed by atoms with Crippen molar-refractivity contribution in [2.45, 2.75) is 18.9 Å². The summed E-state index contributed by atoms with van der Waals surface area (Å²) >= 11 is 0. The lowest BCUT2D eigenvalue weighted by atomic mass is 10.2. The highest BCUT2D eigenvalue weighted by atomic mass is 19.1. The van der Waals surface area contributed by atoms with Crippen molar-refractivity contribution in [3.63, 3.8) is 0 Å². The first-order chi connectivity index (χ1) is 8.49. The Morgan fingerprint density at radius 1 is 1.50 bits per heavy atom. The normalized spacial score (nSPS) is 18.9. The molecule has 0 amide bonds. The van der Waals surface area contributed by atoms with Crippen LogP contribution in [0.1, 0.15) is 12.8 Å². The third-order valence-corrected chi connectivity index (χ3v) is 2.95. The van der Waals surface area contributed by atoms with Gasteiger partial charge in [-0.15, -0.1) is 0 Å². The summed E-state index contributed by atoms with van der Waals surface area (Å²) in [4.78, 5) is 22.4. The minimum Gasteiger partial charge on any atom is -0.480 e. The lowest BCUT2D eigenvalue weighted by molar-refractivity contribution is -0.385. The molecule has 0 aliphatic carbocycles. The average Bonchev–Trinajstić information content (AvgIpc) is 2.76. The quantitative estimate of drug-likeness (QED) is 0.656. The molecule has 1 saturated heterocycles. The zero-order valence-corrected chi connectivity index (χ0v) is 9.38. The molecule has 1 heterocycles. The number of halogens is 1. The van der Waals surface area contributed by atoms with Crippen molar-refractivity contribution in [2.24, 2.45) is 0 Å². The van der Waals surface area contributed by atoms with Crippen molar-refractivity contribution in [1.29, 1.82) is 0 Å². The van der Waals surface area contributed by atoms with Gasteiger partial charge in [0.1, 0.15) is 11.9 Å². The largest absolute Gasteiger partial charge is 0.480 e. The van der Waals surface area contributed by atoms with E-state index in [2.05, 4.69) is 0 Å². The van der Waals surface area contributed by atoms with Crippen LogP contribution in [0.3, 0.4) is 0 Å². The number of nitrogens with zero attached hydrogens (tertiary/aromatic N) is 2. The minimum atomic E-state index is -1.00. The highest BCUT2D eigenvalue weighted by Gasteiger charge is 2.31. The number of non-ortho nitro benzene ring substituents is 1. The van der Waals surface area contributed by atoms with E-state index in [-0.39, 0.29) is 11.4 Å². The van der Waals surface area contributed by atoms with E-state index in [0.29, 0.717) is 19.4 Å². The van der Waals surface area contributed by atoms with Crippen LogP contribution in [-0.2, 0) is 4.79 Å². The van der Waals surface area contributed by atoms with Gasteiger partial charge in [0.05, 0.1) is 11.0 Å². The standard InChI is InChI=1S/C11H11FN2O4/c12-7-4-8(6-9(5-7)14(17)18)13-3-1-2-10(13)11(15)16/h4-6,10H,1-3H2,(H,15,16). The van der Waals surface area contributed by atoms with Gasteiger partial charge in [0.15, 0.2) is 0 Å². The van der Waals surface area contributed by atoms with Gasteiger partial charge in [-0.05, 0) is 18.9 Å². The molecule has 6 nitrogen and oxygen atoms in total. The molecule has 1 atom stereocenters. The Kier molecular flexibility index (Phi) is 3.14. The molecule has 1 N–H and O–H groups in total. The first-order valence-corrected chi connectivity index (χ1v) is 5.43. The van der Waals surface area contributed by atoms with E-state index in [4.69, 9.17) is 5.11 Å². The summed E-state index contributed by atoms with van der Waals surface area (Å²) in [5.74, 6) is -1.74. The van der Waals surface area contributed by atoms with Crippen LogP contribution < -0.4 is 4.90 Å². The molecule has 0 radical (unpaired) electrons. The molecule has 96 valence electrons. The Labute approximate surface area is 102 Å². The predicted octanol–water partition coefficient (Wildman–Crippen LogP) is 1.79. The minimum absolute atomic E-state index is 0.242. The van der Waals surface area contributed by atoms with Gasteiger partial charge in [-0.2, -0.15) is 0 Å². The fourth-order valence-corrected chi connectivity index (χ4v) is 2.16. The number of nitro benzene ring substituents is 1. The zero-order chi connectivity index (χ0) is 13.3. The summed E-state index contributed by atoms with van der Waals surface area (Å²) in [5.41, 5.74) is -0.132. The number of rotatable bonds is 3. The predicted molar refractivity (Wildman–Crippen MR) is 61.1 cm³/mol. The van der Waals surface area contributed by atoms with Crippen molar-refractivity contribution in [2.75, 3.05) is 11.4 Å². The highest BCUT2D eigenvalue weighted by molar-refractivity contribution is 5.79. The van der Waals surface area contributed by atoms with Gasteiger partial charge in [-0.25, -0.2) is 9.18 Å². The number of nitro groups is 1. The van der Waals surface area contributed by atoms with E-state index in [9.17, 15) is 19.3 Å². The third kappa shape index (κ3) is 2.24. The summed E-state index contributed by atoms with van der Waals surface area (Å²) < 4.78 is 13.3. The van der Waals surface area contributed by atoms with Gasteiger partial charge >= 0.3 is 5.97 Å². The number of carboxylic acid groups (broad SMARTS) is 1. The van der Waals surface area contributed by atoms with Gasteiger partial charge in [0.2, 0.25) is 0 Å². The maximum absolute atomic E-state index is 13.3. The van der Waals surface area contributed by atoms with E-state index in [0.717, 1.165) is 12.1 Å². The van der Waals surface area contributed by atoms with E-state index in [1.54, 1.807) is 0 Å². The molecule has 1 aromatic carbocycles. The van der Waals surface area contributed by atoms with Crippen LogP contribution in [0.25, 0.3) is 0 Å². The number of hydrogen-bond acceptors (Lipinski definition) is 4. The zero-order valence-electron chi connectivity index (χ0n) is 9.38. The summed E-state index contributed by atoms with van der Waals surface area (Å²) in [6.45, 7) is 0.456. The number of anilines is 1. The average molecular weight is 254 g/mol. The van der Waals surface area contributed by atoms with Crippen molar-refractivity contribution < 1.29 is 19.2 Å². The smallest absolute Gasteiger partial charge is 0.326 e. The van der Waals surface area contributed by atoms with Gasteiger partial charge in [0, 0.05) is 18.3 Å². The molecule has 0 aromatic heterocycles. The second kappa shape index (κ2) is 4.59. The van der Waals surface area contributed by atoms with Crippen LogP contribution in [0.4, 0.5) is 15.8 Å². The SMILES string of the molecule is O=C(O)C1CCCN1c1cc(F)cc([N+](=O)[O-])c1. The van der Waals surface area contributed by atoms with Crippen LogP contribution in [0, 0.1) is 15.9 Å². The maximum Gasteiger partial charge on any atom is 0.326 e. The first kappa shape index (κ1) is 12.3. The van der Waals surface area contributed by atoms with E-state index >= 15 is 0 Å². The van der Waals surface area contributed by atoms with Crippen LogP contribution >= 0.6 is 0 Å². The molecule has 1 aliphatic rings. The molecule has 18 heavy (non-hydrogen) atoms. The van der Waals surface area contributed by atoms with Crippen molar-refractivity contribution in [3.8, 4) is 0 Å². The molecule has 0 spiro atoms. The number of carboxylic acids is 1. The molecule has 1 aromatic rings. The Bertz CT molecular complexity index is 506. The maximum atomic E-state index is 13.3. The number of hydrogen-bond donors (Lipinski definition) is 1. The third-order valence-electron chi connectivity index (χ3n) is 2.95. The fourth-order valence-electron chi connectivity index (χ4n) is 2.16. The number of benzene rings is 1. The van der Waals surface area contributed by atoms with E-state index in [1.165, 1.54) is 11.0 Å². The summed E-state index contributed by atoms with van der Waals surface area (Å²) in [6.07, 6.45) is 1.13. The Balaban J connectivity index is 2.38. The van der Waals surface area contributed by atoms with E-state index in [1.807, 2.05) is 0 Å². The molecule has 1 aliphatic heterocycles. The lowest BCUT2D eigenvalue weighted by Crippen LogP contribution is -2.35. The van der Waals surface area contributed by atoms with Gasteiger partial charge in [-0.3, -0.25) is 10.1 Å². The van der Waals surface area contributed by atoms with Crippen molar-refractivity contribution in [3.05, 3.63) is 34.1 Å². The van der Waals surface area contributed by atoms with Crippen molar-refractivity contribution in [1.82, 2.24) is 0 Å². The second-order valence-corrected chi connectivity index (χ2v) is 4.11. The highest BCUT2D eigenvalue weighted by Crippen LogP contribution is 2.29. The Morgan fingerprint density at radius 2 is 2.22 bits per heavy atom. The van der Waals surface area contributed by atoms with Gasteiger partial charge < -0.3 is 10.0 Å². The van der Waals surface area contributed by atoms with Crippen LogP contribution in [0.2, 0.25) is 0 Å². The molecule has 0 bridgehead atoms. The fraction of sp³-hybridized carbons (Fsp3) is 0.364. The molecule has 1 fully saturated rings. The summed E-state index contributed by atoms with van der Waals surface area (Å²) in [7, 11) is 0. The summed E-state index contributed by atoms with van der Waals surface area (Å²) in [5, 5.41) is 19.7. The van der Waals surface area contributed by atoms with Crippen LogP contribution in [0.15, 0.2) is 18.2 Å². The molecule has 2 rings (SSSR count). The van der Waals surface area contributed by atoms with Crippen LogP contribution in [0.5, 0.6) is 0 Å². The molecular weight excluding hydrogens is 243 g/mol. The molecule has 1 unspecified atom stereocenters. The van der Waals surface area contributed by atoms with Crippen LogP contribution in [-0.4, -0.2) is 28.6 Å². The topological polar surface area (TPSA) is 83.7 Å². The Morgan fingerprint density at radius 3 is 2.83 bits per heavy atom. The lowest BCUT2D eigenvalue weighted by Gasteiger charge is -2.23. The van der Waals surface area contributed by atoms with Gasteiger partial charge in [-0.1, -0.05) is 0 Å².